The third-order valence-electron chi connectivity index (χ3n) is 6.80. The number of sulfonamides is 1. The largest absolute Gasteiger partial charge is 0.352 e. The number of anilines is 1. The molecule has 0 unspecified atom stereocenters. The van der Waals surface area contributed by atoms with Crippen molar-refractivity contribution in [3.8, 4) is 0 Å². The second kappa shape index (κ2) is 14.2. The van der Waals surface area contributed by atoms with E-state index >= 15 is 0 Å². The van der Waals surface area contributed by atoms with Crippen molar-refractivity contribution < 1.29 is 18.0 Å². The Morgan fingerprint density at radius 1 is 0.951 bits per heavy atom. The van der Waals surface area contributed by atoms with Crippen molar-refractivity contribution in [1.82, 2.24) is 10.2 Å². The predicted molar refractivity (Wildman–Crippen MR) is 167 cm³/mol. The van der Waals surface area contributed by atoms with Crippen LogP contribution in [-0.2, 0) is 32.6 Å². The van der Waals surface area contributed by atoms with Crippen molar-refractivity contribution in [1.29, 1.82) is 0 Å². The van der Waals surface area contributed by atoms with Gasteiger partial charge in [0.05, 0.1) is 11.9 Å². The van der Waals surface area contributed by atoms with Gasteiger partial charge in [-0.05, 0) is 73.7 Å². The maximum atomic E-state index is 14.2. The molecule has 41 heavy (non-hydrogen) atoms. The second-order valence-corrected chi connectivity index (χ2v) is 13.1. The molecule has 7 nitrogen and oxygen atoms in total. The zero-order valence-corrected chi connectivity index (χ0v) is 26.4. The molecule has 3 rings (SSSR count). The molecule has 2 amide bonds. The number of nitrogens with zero attached hydrogens (tertiary/aromatic N) is 2. The van der Waals surface area contributed by atoms with Gasteiger partial charge in [0.1, 0.15) is 12.6 Å². The molecule has 0 aliphatic heterocycles. The quantitative estimate of drug-likeness (QED) is 0.273. The van der Waals surface area contributed by atoms with E-state index in [1.54, 1.807) is 30.3 Å². The van der Waals surface area contributed by atoms with Crippen molar-refractivity contribution in [2.75, 3.05) is 17.1 Å². The van der Waals surface area contributed by atoms with Crippen molar-refractivity contribution in [3.05, 3.63) is 99.0 Å². The average molecular weight is 619 g/mol. The highest BCUT2D eigenvalue weighted by Gasteiger charge is 2.33. The standard InChI is InChI=1S/C31H37Cl2N3O4S/c1-6-23(4)34-31(38)29(17-24-10-8-7-9-11-24)35(19-25-12-13-26(32)18-28(25)33)30(37)20-36(41(5,39)40)27-15-21(2)14-22(3)16-27/h7-16,18,23,29H,6,17,19-20H2,1-5H3,(H,34,38)/t23-,29+/m0/s1. The van der Waals surface area contributed by atoms with Crippen molar-refractivity contribution in [2.45, 2.75) is 59.2 Å². The Balaban J connectivity index is 2.11. The highest BCUT2D eigenvalue weighted by atomic mass is 35.5. The van der Waals surface area contributed by atoms with Gasteiger partial charge in [-0.1, -0.05) is 72.6 Å². The van der Waals surface area contributed by atoms with E-state index in [-0.39, 0.29) is 24.9 Å². The molecule has 0 heterocycles. The first-order valence-electron chi connectivity index (χ1n) is 13.4. The predicted octanol–water partition coefficient (Wildman–Crippen LogP) is 5.93. The lowest BCUT2D eigenvalue weighted by molar-refractivity contribution is -0.140. The van der Waals surface area contributed by atoms with Gasteiger partial charge in [0.15, 0.2) is 0 Å². The average Bonchev–Trinajstić information content (AvgIpc) is 2.89. The van der Waals surface area contributed by atoms with Crippen LogP contribution >= 0.6 is 23.2 Å². The van der Waals surface area contributed by atoms with Crippen LogP contribution in [0.15, 0.2) is 66.7 Å². The molecule has 0 saturated carbocycles. The molecule has 10 heteroatoms. The molecule has 2 atom stereocenters. The number of aryl methyl sites for hydroxylation is 2. The van der Waals surface area contributed by atoms with E-state index in [0.29, 0.717) is 27.7 Å². The van der Waals surface area contributed by atoms with E-state index < -0.39 is 28.5 Å². The van der Waals surface area contributed by atoms with Crippen molar-refractivity contribution >= 4 is 50.7 Å². The Morgan fingerprint density at radius 3 is 2.15 bits per heavy atom. The summed E-state index contributed by atoms with van der Waals surface area (Å²) in [6.07, 6.45) is 1.99. The molecule has 0 spiro atoms. The van der Waals surface area contributed by atoms with E-state index in [4.69, 9.17) is 23.2 Å². The molecule has 0 aromatic heterocycles. The van der Waals surface area contributed by atoms with Gasteiger partial charge in [0.2, 0.25) is 21.8 Å². The van der Waals surface area contributed by atoms with Crippen LogP contribution in [0.3, 0.4) is 0 Å². The number of amides is 2. The third-order valence-corrected chi connectivity index (χ3v) is 8.53. The van der Waals surface area contributed by atoms with Gasteiger partial charge >= 0.3 is 0 Å². The Kier molecular flexibility index (Phi) is 11.2. The first kappa shape index (κ1) is 32.4. The number of nitrogens with one attached hydrogen (secondary N) is 1. The number of benzene rings is 3. The van der Waals surface area contributed by atoms with E-state index in [0.717, 1.165) is 27.3 Å². The summed E-state index contributed by atoms with van der Waals surface area (Å²) in [6.45, 7) is 7.07. The van der Waals surface area contributed by atoms with Crippen LogP contribution in [0, 0.1) is 13.8 Å². The summed E-state index contributed by atoms with van der Waals surface area (Å²) < 4.78 is 27.0. The molecule has 3 aromatic carbocycles. The molecule has 0 radical (unpaired) electrons. The number of carbonyl (C=O) groups excluding carboxylic acids is 2. The van der Waals surface area contributed by atoms with Gasteiger partial charge in [-0.25, -0.2) is 8.42 Å². The normalized spacial score (nSPS) is 12.9. The maximum absolute atomic E-state index is 14.2. The van der Waals surface area contributed by atoms with Gasteiger partial charge in [-0.3, -0.25) is 13.9 Å². The van der Waals surface area contributed by atoms with Gasteiger partial charge in [-0.15, -0.1) is 0 Å². The topological polar surface area (TPSA) is 86.8 Å². The summed E-state index contributed by atoms with van der Waals surface area (Å²) in [6, 6.07) is 18.6. The lowest BCUT2D eigenvalue weighted by Crippen LogP contribution is -2.54. The van der Waals surface area contributed by atoms with E-state index in [9.17, 15) is 18.0 Å². The summed E-state index contributed by atoms with van der Waals surface area (Å²) >= 11 is 12.6. The molecule has 220 valence electrons. The molecule has 0 aliphatic carbocycles. The molecule has 1 N–H and O–H groups in total. The fraction of sp³-hybridized carbons (Fsp3) is 0.355. The minimum Gasteiger partial charge on any atom is -0.352 e. The molecule has 0 bridgehead atoms. The summed E-state index contributed by atoms with van der Waals surface area (Å²) in [5.74, 6) is -0.875. The highest BCUT2D eigenvalue weighted by molar-refractivity contribution is 7.92. The van der Waals surface area contributed by atoms with Crippen molar-refractivity contribution in [3.63, 3.8) is 0 Å². The Bertz CT molecular complexity index is 1460. The van der Waals surface area contributed by atoms with Gasteiger partial charge < -0.3 is 10.2 Å². The number of rotatable bonds is 12. The van der Waals surface area contributed by atoms with Crippen LogP contribution in [0.25, 0.3) is 0 Å². The summed E-state index contributed by atoms with van der Waals surface area (Å²) in [7, 11) is -3.85. The molecular weight excluding hydrogens is 581 g/mol. The number of halogens is 2. The second-order valence-electron chi connectivity index (χ2n) is 10.4. The van der Waals surface area contributed by atoms with Gasteiger partial charge in [0.25, 0.3) is 0 Å². The molecule has 0 aliphatic rings. The lowest BCUT2D eigenvalue weighted by Gasteiger charge is -2.34. The van der Waals surface area contributed by atoms with Crippen LogP contribution < -0.4 is 9.62 Å². The van der Waals surface area contributed by atoms with E-state index in [1.165, 1.54) is 4.90 Å². The monoisotopic (exact) mass is 617 g/mol. The minimum atomic E-state index is -3.85. The fourth-order valence-electron chi connectivity index (χ4n) is 4.54. The highest BCUT2D eigenvalue weighted by Crippen LogP contribution is 2.26. The maximum Gasteiger partial charge on any atom is 0.244 e. The summed E-state index contributed by atoms with van der Waals surface area (Å²) in [5.41, 5.74) is 3.54. The smallest absolute Gasteiger partial charge is 0.244 e. The minimum absolute atomic E-state index is 0.0231. The fourth-order valence-corrected chi connectivity index (χ4v) is 5.84. The first-order chi connectivity index (χ1) is 19.3. The third kappa shape index (κ3) is 9.21. The Morgan fingerprint density at radius 2 is 1.59 bits per heavy atom. The molecule has 3 aromatic rings. The summed E-state index contributed by atoms with van der Waals surface area (Å²) in [4.78, 5) is 29.3. The lowest BCUT2D eigenvalue weighted by atomic mass is 10.0. The first-order valence-corrected chi connectivity index (χ1v) is 16.0. The van der Waals surface area contributed by atoms with Crippen LogP contribution in [0.1, 0.15) is 42.5 Å². The summed E-state index contributed by atoms with van der Waals surface area (Å²) in [5, 5.41) is 3.78. The van der Waals surface area contributed by atoms with E-state index in [1.807, 2.05) is 64.1 Å². The zero-order chi connectivity index (χ0) is 30.3. The number of hydrogen-bond donors (Lipinski definition) is 1. The number of hydrogen-bond acceptors (Lipinski definition) is 4. The van der Waals surface area contributed by atoms with Crippen LogP contribution in [-0.4, -0.2) is 50.0 Å². The molecular formula is C31H37Cl2N3O4S. The van der Waals surface area contributed by atoms with Crippen LogP contribution in [0.4, 0.5) is 5.69 Å². The number of carbonyl (C=O) groups is 2. The zero-order valence-electron chi connectivity index (χ0n) is 24.0. The SMILES string of the molecule is CC[C@H](C)NC(=O)[C@@H](Cc1ccccc1)N(Cc1ccc(Cl)cc1Cl)C(=O)CN(c1cc(C)cc(C)c1)S(C)(=O)=O. The van der Waals surface area contributed by atoms with Crippen LogP contribution in [0.5, 0.6) is 0 Å². The molecule has 0 fully saturated rings. The van der Waals surface area contributed by atoms with E-state index in [2.05, 4.69) is 5.32 Å². The Labute approximate surface area is 253 Å². The van der Waals surface area contributed by atoms with Gasteiger partial charge in [-0.2, -0.15) is 0 Å². The molecule has 0 saturated heterocycles. The van der Waals surface area contributed by atoms with Crippen molar-refractivity contribution in [2.24, 2.45) is 0 Å². The Hall–Kier alpha value is -3.07. The van der Waals surface area contributed by atoms with Crippen LogP contribution in [0.2, 0.25) is 10.0 Å². The van der Waals surface area contributed by atoms with Gasteiger partial charge in [0, 0.05) is 29.1 Å².